The topological polar surface area (TPSA) is 49.4 Å². The lowest BCUT2D eigenvalue weighted by Gasteiger charge is -2.31. The lowest BCUT2D eigenvalue weighted by atomic mass is 10.0. The summed E-state index contributed by atoms with van der Waals surface area (Å²) in [6, 6.07) is 24.1. The van der Waals surface area contributed by atoms with Crippen molar-refractivity contribution in [2.24, 2.45) is 0 Å². The zero-order valence-electron chi connectivity index (χ0n) is 17.2. The van der Waals surface area contributed by atoms with Crippen LogP contribution in [0.2, 0.25) is 5.02 Å². The van der Waals surface area contributed by atoms with Crippen LogP contribution in [0.3, 0.4) is 0 Å². The van der Waals surface area contributed by atoms with Gasteiger partial charge in [-0.25, -0.2) is 0 Å². The molecule has 1 atom stereocenters. The zero-order valence-corrected chi connectivity index (χ0v) is 19.6. The number of benzene rings is 3. The molecular formula is C25H24BrClN2O2. The first-order valence-corrected chi connectivity index (χ1v) is 11.2. The van der Waals surface area contributed by atoms with E-state index in [-0.39, 0.29) is 18.2 Å². The number of nitrogens with zero attached hydrogens (tertiary/aromatic N) is 1. The Balaban J connectivity index is 1.93. The molecule has 3 aromatic rings. The van der Waals surface area contributed by atoms with E-state index in [1.54, 1.807) is 24.1 Å². The highest BCUT2D eigenvalue weighted by molar-refractivity contribution is 9.10. The molecule has 0 spiro atoms. The SMILES string of the molecule is CNC(=O)[C@@H](Cc1ccccc1)N(Cc1ccc(Br)cc1)C(=O)Cc1cccc(Cl)c1. The molecule has 3 aromatic carbocycles. The smallest absolute Gasteiger partial charge is 0.242 e. The molecule has 2 amide bonds. The van der Waals surface area contributed by atoms with Crippen molar-refractivity contribution >= 4 is 39.3 Å². The Kier molecular flexibility index (Phi) is 8.27. The second-order valence-corrected chi connectivity index (χ2v) is 8.63. The van der Waals surface area contributed by atoms with Crippen LogP contribution in [0.1, 0.15) is 16.7 Å². The van der Waals surface area contributed by atoms with Gasteiger partial charge < -0.3 is 10.2 Å². The molecule has 4 nitrogen and oxygen atoms in total. The third kappa shape index (κ3) is 6.68. The van der Waals surface area contributed by atoms with Crippen LogP contribution in [-0.4, -0.2) is 29.8 Å². The number of nitrogens with one attached hydrogen (secondary N) is 1. The lowest BCUT2D eigenvalue weighted by Crippen LogP contribution is -2.50. The molecule has 0 aliphatic heterocycles. The van der Waals surface area contributed by atoms with Gasteiger partial charge in [-0.1, -0.05) is 82.1 Å². The summed E-state index contributed by atoms with van der Waals surface area (Å²) in [5.74, 6) is -0.324. The maximum Gasteiger partial charge on any atom is 0.242 e. The van der Waals surface area contributed by atoms with Gasteiger partial charge in [0, 0.05) is 29.5 Å². The van der Waals surface area contributed by atoms with Gasteiger partial charge in [0.2, 0.25) is 11.8 Å². The van der Waals surface area contributed by atoms with Crippen molar-refractivity contribution in [2.45, 2.75) is 25.4 Å². The normalized spacial score (nSPS) is 11.6. The largest absolute Gasteiger partial charge is 0.357 e. The van der Waals surface area contributed by atoms with Crippen LogP contribution in [0.15, 0.2) is 83.3 Å². The van der Waals surface area contributed by atoms with Crippen molar-refractivity contribution in [3.8, 4) is 0 Å². The number of likely N-dealkylation sites (N-methyl/N-ethyl adjacent to an activating group) is 1. The molecule has 0 fully saturated rings. The Labute approximate surface area is 196 Å². The Morgan fingerprint density at radius 1 is 0.935 bits per heavy atom. The zero-order chi connectivity index (χ0) is 22.2. The number of hydrogen-bond donors (Lipinski definition) is 1. The first kappa shape index (κ1) is 23.0. The molecule has 6 heteroatoms. The monoisotopic (exact) mass is 498 g/mol. The van der Waals surface area contributed by atoms with E-state index in [9.17, 15) is 9.59 Å². The van der Waals surface area contributed by atoms with Gasteiger partial charge in [0.1, 0.15) is 6.04 Å². The maximum atomic E-state index is 13.4. The number of carbonyl (C=O) groups is 2. The second kappa shape index (κ2) is 11.1. The molecule has 31 heavy (non-hydrogen) atoms. The van der Waals surface area contributed by atoms with Crippen LogP contribution in [0.5, 0.6) is 0 Å². The number of hydrogen-bond acceptors (Lipinski definition) is 2. The number of halogens is 2. The summed E-state index contributed by atoms with van der Waals surface area (Å²) < 4.78 is 0.959. The highest BCUT2D eigenvalue weighted by Crippen LogP contribution is 2.19. The van der Waals surface area contributed by atoms with Crippen LogP contribution in [0, 0.1) is 0 Å². The van der Waals surface area contributed by atoms with Crippen LogP contribution in [-0.2, 0) is 29.0 Å². The predicted molar refractivity (Wildman–Crippen MR) is 128 cm³/mol. The van der Waals surface area contributed by atoms with Gasteiger partial charge in [0.15, 0.2) is 0 Å². The van der Waals surface area contributed by atoms with Gasteiger partial charge >= 0.3 is 0 Å². The summed E-state index contributed by atoms with van der Waals surface area (Å²) in [6.45, 7) is 0.331. The highest BCUT2D eigenvalue weighted by Gasteiger charge is 2.29. The van der Waals surface area contributed by atoms with Gasteiger partial charge in [0.05, 0.1) is 6.42 Å². The lowest BCUT2D eigenvalue weighted by molar-refractivity contribution is -0.140. The number of amides is 2. The summed E-state index contributed by atoms with van der Waals surface area (Å²) in [7, 11) is 1.60. The molecule has 0 saturated heterocycles. The molecule has 160 valence electrons. The van der Waals surface area contributed by atoms with Gasteiger partial charge in [-0.2, -0.15) is 0 Å². The molecule has 1 N–H and O–H groups in total. The Bertz CT molecular complexity index is 1030. The fourth-order valence-corrected chi connectivity index (χ4v) is 3.91. The summed E-state index contributed by atoms with van der Waals surface area (Å²) >= 11 is 9.54. The second-order valence-electron chi connectivity index (χ2n) is 7.27. The molecular weight excluding hydrogens is 476 g/mol. The van der Waals surface area contributed by atoms with Gasteiger partial charge in [0.25, 0.3) is 0 Å². The van der Waals surface area contributed by atoms with Crippen molar-refractivity contribution in [1.82, 2.24) is 10.2 Å². The number of rotatable bonds is 8. The molecule has 0 aliphatic rings. The molecule has 0 aliphatic carbocycles. The van der Waals surface area contributed by atoms with Gasteiger partial charge in [-0.15, -0.1) is 0 Å². The van der Waals surface area contributed by atoms with E-state index in [4.69, 9.17) is 11.6 Å². The fraction of sp³-hybridized carbons (Fsp3) is 0.200. The van der Waals surface area contributed by atoms with E-state index in [1.807, 2.05) is 66.7 Å². The third-order valence-electron chi connectivity index (χ3n) is 5.03. The van der Waals surface area contributed by atoms with E-state index in [1.165, 1.54) is 0 Å². The van der Waals surface area contributed by atoms with Crippen LogP contribution in [0.4, 0.5) is 0 Å². The van der Waals surface area contributed by atoms with Crippen molar-refractivity contribution in [3.05, 3.63) is 105 Å². The standard InChI is InChI=1S/C25H24BrClN2O2/c1-28-25(31)23(15-18-6-3-2-4-7-18)29(17-19-10-12-21(26)13-11-19)24(30)16-20-8-5-9-22(27)14-20/h2-14,23H,15-17H2,1H3,(H,28,31)/t23-/m1/s1. The minimum absolute atomic E-state index is 0.130. The highest BCUT2D eigenvalue weighted by atomic mass is 79.9. The molecule has 0 heterocycles. The Hall–Kier alpha value is -2.63. The predicted octanol–water partition coefficient (Wildman–Crippen LogP) is 5.03. The molecule has 0 unspecified atom stereocenters. The summed E-state index contributed by atoms with van der Waals surface area (Å²) in [5, 5.41) is 3.31. The molecule has 0 saturated carbocycles. The first-order chi connectivity index (χ1) is 15.0. The van der Waals surface area contributed by atoms with E-state index < -0.39 is 6.04 Å². The van der Waals surface area contributed by atoms with E-state index >= 15 is 0 Å². The van der Waals surface area contributed by atoms with Crippen LogP contribution >= 0.6 is 27.5 Å². The molecule has 3 rings (SSSR count). The molecule has 0 aromatic heterocycles. The van der Waals surface area contributed by atoms with Crippen molar-refractivity contribution < 1.29 is 9.59 Å². The van der Waals surface area contributed by atoms with Crippen molar-refractivity contribution in [3.63, 3.8) is 0 Å². The Morgan fingerprint density at radius 2 is 1.61 bits per heavy atom. The van der Waals surface area contributed by atoms with E-state index in [2.05, 4.69) is 21.2 Å². The summed E-state index contributed by atoms with van der Waals surface area (Å²) in [5.41, 5.74) is 2.76. The molecule has 0 bridgehead atoms. The minimum atomic E-state index is -0.636. The average Bonchev–Trinajstić information content (AvgIpc) is 2.77. The van der Waals surface area contributed by atoms with Crippen molar-refractivity contribution in [2.75, 3.05) is 7.05 Å². The quantitative estimate of drug-likeness (QED) is 0.472. The summed E-state index contributed by atoms with van der Waals surface area (Å²) in [4.78, 5) is 28.0. The Morgan fingerprint density at radius 3 is 2.26 bits per heavy atom. The van der Waals surface area contributed by atoms with Crippen molar-refractivity contribution in [1.29, 1.82) is 0 Å². The van der Waals surface area contributed by atoms with Crippen LogP contribution in [0.25, 0.3) is 0 Å². The fourth-order valence-electron chi connectivity index (χ4n) is 3.43. The molecule has 0 radical (unpaired) electrons. The minimum Gasteiger partial charge on any atom is -0.357 e. The number of carbonyl (C=O) groups excluding carboxylic acids is 2. The van der Waals surface area contributed by atoms with Crippen LogP contribution < -0.4 is 5.32 Å². The first-order valence-electron chi connectivity index (χ1n) is 10.00. The summed E-state index contributed by atoms with van der Waals surface area (Å²) in [6.07, 6.45) is 0.595. The van der Waals surface area contributed by atoms with Gasteiger partial charge in [-0.05, 0) is 41.0 Å². The van der Waals surface area contributed by atoms with Gasteiger partial charge in [-0.3, -0.25) is 9.59 Å². The van der Waals surface area contributed by atoms with E-state index in [0.717, 1.165) is 21.2 Å². The maximum absolute atomic E-state index is 13.4. The van der Waals surface area contributed by atoms with E-state index in [0.29, 0.717) is 18.0 Å². The average molecular weight is 500 g/mol. The third-order valence-corrected chi connectivity index (χ3v) is 5.79.